The molecular formula is C40H27NS. The van der Waals surface area contributed by atoms with Crippen LogP contribution in [0.5, 0.6) is 0 Å². The van der Waals surface area contributed by atoms with Crippen molar-refractivity contribution >= 4 is 59.3 Å². The van der Waals surface area contributed by atoms with Crippen LogP contribution in [0, 0.1) is 0 Å². The fraction of sp³-hybridized carbons (Fsp3) is 0. The van der Waals surface area contributed by atoms with Gasteiger partial charge < -0.3 is 4.90 Å². The van der Waals surface area contributed by atoms with Crippen LogP contribution in [-0.4, -0.2) is 0 Å². The van der Waals surface area contributed by atoms with Gasteiger partial charge in [-0.05, 0) is 64.0 Å². The van der Waals surface area contributed by atoms with E-state index in [0.29, 0.717) is 0 Å². The van der Waals surface area contributed by atoms with E-state index < -0.39 is 0 Å². The molecule has 0 atom stereocenters. The van der Waals surface area contributed by atoms with Gasteiger partial charge in [0.25, 0.3) is 0 Å². The lowest BCUT2D eigenvalue weighted by Crippen LogP contribution is -2.10. The number of para-hydroxylation sites is 1. The third-order valence-electron chi connectivity index (χ3n) is 8.03. The maximum absolute atomic E-state index is 2.45. The van der Waals surface area contributed by atoms with Gasteiger partial charge in [0.05, 0.1) is 10.4 Å². The molecule has 1 heterocycles. The van der Waals surface area contributed by atoms with Crippen molar-refractivity contribution in [2.45, 2.75) is 0 Å². The minimum atomic E-state index is 1.14. The third kappa shape index (κ3) is 4.25. The van der Waals surface area contributed by atoms with Gasteiger partial charge in [-0.1, -0.05) is 127 Å². The highest BCUT2D eigenvalue weighted by Crippen LogP contribution is 2.48. The van der Waals surface area contributed by atoms with E-state index in [-0.39, 0.29) is 0 Å². The van der Waals surface area contributed by atoms with E-state index in [1.165, 1.54) is 58.9 Å². The summed E-state index contributed by atoms with van der Waals surface area (Å²) in [7, 11) is 0. The molecule has 1 aromatic heterocycles. The molecule has 0 amide bonds. The predicted octanol–water partition coefficient (Wildman–Crippen LogP) is 12.0. The molecule has 7 aromatic carbocycles. The van der Waals surface area contributed by atoms with Crippen molar-refractivity contribution in [3.05, 3.63) is 164 Å². The maximum Gasteiger partial charge on any atom is 0.0718 e. The zero-order valence-electron chi connectivity index (χ0n) is 22.9. The van der Waals surface area contributed by atoms with E-state index >= 15 is 0 Å². The summed E-state index contributed by atoms with van der Waals surface area (Å²) in [6.45, 7) is 0. The van der Waals surface area contributed by atoms with Crippen LogP contribution in [0.15, 0.2) is 164 Å². The Labute approximate surface area is 249 Å². The zero-order chi connectivity index (χ0) is 27.9. The number of hydrogen-bond acceptors (Lipinski definition) is 2. The van der Waals surface area contributed by atoms with Crippen LogP contribution >= 0.6 is 11.3 Å². The summed E-state index contributed by atoms with van der Waals surface area (Å²) >= 11 is 1.88. The summed E-state index contributed by atoms with van der Waals surface area (Å²) in [6.07, 6.45) is 0. The van der Waals surface area contributed by atoms with Crippen molar-refractivity contribution in [3.63, 3.8) is 0 Å². The Balaban J connectivity index is 1.34. The summed E-state index contributed by atoms with van der Waals surface area (Å²) < 4.78 is 2.61. The van der Waals surface area contributed by atoms with E-state index in [9.17, 15) is 0 Å². The standard InChI is InChI=1S/C40H27NS/c1-3-12-28(13-4-1)29-22-24-30(25-23-29)31-15-11-18-34(26-31)41(33-16-5-2-6-17-33)39-35-19-8-7-14-32(35)27-37-36-20-9-10-21-38(36)42-40(37)39/h1-27H. The highest BCUT2D eigenvalue weighted by Gasteiger charge is 2.21. The average Bonchev–Trinajstić information content (AvgIpc) is 3.44. The van der Waals surface area contributed by atoms with Crippen LogP contribution < -0.4 is 4.90 Å². The second kappa shape index (κ2) is 10.3. The van der Waals surface area contributed by atoms with Crippen molar-refractivity contribution in [3.8, 4) is 22.3 Å². The highest BCUT2D eigenvalue weighted by atomic mass is 32.1. The number of fused-ring (bicyclic) bond motifs is 4. The highest BCUT2D eigenvalue weighted by molar-refractivity contribution is 7.26. The molecule has 0 saturated heterocycles. The van der Waals surface area contributed by atoms with Gasteiger partial charge in [-0.3, -0.25) is 0 Å². The quantitative estimate of drug-likeness (QED) is 0.205. The van der Waals surface area contributed by atoms with Crippen LogP contribution in [0.1, 0.15) is 0 Å². The summed E-state index contributed by atoms with van der Waals surface area (Å²) in [6, 6.07) is 59.1. The van der Waals surface area contributed by atoms with E-state index in [0.717, 1.165) is 11.4 Å². The number of nitrogens with zero attached hydrogens (tertiary/aromatic N) is 1. The fourth-order valence-corrected chi connectivity index (χ4v) is 7.25. The average molecular weight is 554 g/mol. The molecule has 0 saturated carbocycles. The van der Waals surface area contributed by atoms with Crippen molar-refractivity contribution in [1.29, 1.82) is 0 Å². The lowest BCUT2D eigenvalue weighted by Gasteiger charge is -2.28. The smallest absolute Gasteiger partial charge is 0.0718 e. The zero-order valence-corrected chi connectivity index (χ0v) is 23.8. The Kier molecular flexibility index (Phi) is 6.05. The van der Waals surface area contributed by atoms with Crippen LogP contribution in [0.4, 0.5) is 17.1 Å². The van der Waals surface area contributed by atoms with Crippen LogP contribution in [0.3, 0.4) is 0 Å². The molecule has 8 rings (SSSR count). The fourth-order valence-electron chi connectivity index (χ4n) is 6.02. The molecule has 0 fully saturated rings. The molecule has 0 unspecified atom stereocenters. The first-order valence-electron chi connectivity index (χ1n) is 14.3. The van der Waals surface area contributed by atoms with Crippen molar-refractivity contribution in [2.24, 2.45) is 0 Å². The molecular weight excluding hydrogens is 527 g/mol. The predicted molar refractivity (Wildman–Crippen MR) is 182 cm³/mol. The van der Waals surface area contributed by atoms with Crippen molar-refractivity contribution in [2.75, 3.05) is 4.90 Å². The molecule has 198 valence electrons. The number of benzene rings is 7. The van der Waals surface area contributed by atoms with Crippen LogP contribution in [0.25, 0.3) is 53.2 Å². The molecule has 42 heavy (non-hydrogen) atoms. The van der Waals surface area contributed by atoms with Gasteiger partial charge in [-0.2, -0.15) is 0 Å². The molecule has 0 aliphatic carbocycles. The molecule has 0 radical (unpaired) electrons. The van der Waals surface area contributed by atoms with E-state index in [1.807, 2.05) is 11.3 Å². The van der Waals surface area contributed by atoms with Gasteiger partial charge in [0.2, 0.25) is 0 Å². The van der Waals surface area contributed by atoms with Gasteiger partial charge in [0.15, 0.2) is 0 Å². The monoisotopic (exact) mass is 553 g/mol. The number of anilines is 3. The number of rotatable bonds is 5. The number of hydrogen-bond donors (Lipinski definition) is 0. The topological polar surface area (TPSA) is 3.24 Å². The van der Waals surface area contributed by atoms with E-state index in [1.54, 1.807) is 0 Å². The number of thiophene rings is 1. The lowest BCUT2D eigenvalue weighted by molar-refractivity contribution is 1.31. The lowest BCUT2D eigenvalue weighted by atomic mass is 9.99. The first kappa shape index (κ1) is 24.6. The van der Waals surface area contributed by atoms with E-state index in [2.05, 4.69) is 169 Å². The summed E-state index contributed by atoms with van der Waals surface area (Å²) in [5.41, 5.74) is 8.37. The molecule has 0 N–H and O–H groups in total. The van der Waals surface area contributed by atoms with Crippen molar-refractivity contribution in [1.82, 2.24) is 0 Å². The van der Waals surface area contributed by atoms with E-state index in [4.69, 9.17) is 0 Å². The maximum atomic E-state index is 2.45. The van der Waals surface area contributed by atoms with Crippen LogP contribution in [-0.2, 0) is 0 Å². The van der Waals surface area contributed by atoms with Gasteiger partial charge in [-0.25, -0.2) is 0 Å². The SMILES string of the molecule is c1ccc(-c2ccc(-c3cccc(N(c4ccccc4)c4c5ccccc5cc5c4sc4ccccc45)c3)cc2)cc1. The molecule has 2 heteroatoms. The second-order valence-electron chi connectivity index (χ2n) is 10.6. The van der Waals surface area contributed by atoms with Crippen LogP contribution in [0.2, 0.25) is 0 Å². The van der Waals surface area contributed by atoms with Gasteiger partial charge in [-0.15, -0.1) is 11.3 Å². The Morgan fingerprint density at radius 1 is 0.381 bits per heavy atom. The van der Waals surface area contributed by atoms with Gasteiger partial charge >= 0.3 is 0 Å². The second-order valence-corrected chi connectivity index (χ2v) is 11.6. The largest absolute Gasteiger partial charge is 0.308 e. The van der Waals surface area contributed by atoms with Gasteiger partial charge in [0.1, 0.15) is 0 Å². The Morgan fingerprint density at radius 2 is 0.952 bits per heavy atom. The molecule has 0 aliphatic heterocycles. The Morgan fingerprint density at radius 3 is 1.74 bits per heavy atom. The minimum Gasteiger partial charge on any atom is -0.308 e. The molecule has 8 aromatic rings. The molecule has 1 nitrogen and oxygen atoms in total. The molecule has 0 spiro atoms. The Hall–Kier alpha value is -5.18. The summed E-state index contributed by atoms with van der Waals surface area (Å²) in [5.74, 6) is 0. The summed E-state index contributed by atoms with van der Waals surface area (Å²) in [5, 5.41) is 5.11. The van der Waals surface area contributed by atoms with Gasteiger partial charge in [0, 0.05) is 32.2 Å². The summed E-state index contributed by atoms with van der Waals surface area (Å²) in [4.78, 5) is 2.45. The Bertz CT molecular complexity index is 2180. The first-order chi connectivity index (χ1) is 20.8. The van der Waals surface area contributed by atoms with Crippen molar-refractivity contribution < 1.29 is 0 Å². The normalized spacial score (nSPS) is 11.3. The first-order valence-corrected chi connectivity index (χ1v) is 15.1. The molecule has 0 bridgehead atoms. The third-order valence-corrected chi connectivity index (χ3v) is 9.23. The molecule has 0 aliphatic rings. The minimum absolute atomic E-state index is 1.14.